The van der Waals surface area contributed by atoms with E-state index in [0.29, 0.717) is 11.4 Å². The van der Waals surface area contributed by atoms with Crippen LogP contribution in [0.15, 0.2) is 18.2 Å². The summed E-state index contributed by atoms with van der Waals surface area (Å²) in [6.07, 6.45) is 7.85. The first-order chi connectivity index (χ1) is 12.9. The monoisotopic (exact) mass is 390 g/mol. The van der Waals surface area contributed by atoms with Crippen molar-refractivity contribution in [2.24, 2.45) is 17.8 Å². The maximum Gasteiger partial charge on any atom is 0.271 e. The number of carbonyl (C=O) groups excluding carboxylic acids is 1. The summed E-state index contributed by atoms with van der Waals surface area (Å²) >= 11 is 1.82. The summed E-state index contributed by atoms with van der Waals surface area (Å²) in [6, 6.07) is 4.26. The number of anilines is 1. The molecule has 0 unspecified atom stereocenters. The van der Waals surface area contributed by atoms with Crippen LogP contribution in [-0.4, -0.2) is 27.9 Å². The van der Waals surface area contributed by atoms with E-state index < -0.39 is 4.92 Å². The van der Waals surface area contributed by atoms with E-state index in [-0.39, 0.29) is 21.6 Å². The summed E-state index contributed by atoms with van der Waals surface area (Å²) < 4.78 is 5.50. The third-order valence-electron chi connectivity index (χ3n) is 6.43. The smallest absolute Gasteiger partial charge is 0.271 e. The van der Waals surface area contributed by atoms with Crippen LogP contribution in [0.5, 0.6) is 5.75 Å². The minimum absolute atomic E-state index is 0.0625. The van der Waals surface area contributed by atoms with Gasteiger partial charge in [0, 0.05) is 16.9 Å². The van der Waals surface area contributed by atoms with Crippen molar-refractivity contribution >= 4 is 29.0 Å². The van der Waals surface area contributed by atoms with Gasteiger partial charge in [-0.25, -0.2) is 0 Å². The lowest BCUT2D eigenvalue weighted by molar-refractivity contribution is -0.384. The second-order valence-electron chi connectivity index (χ2n) is 8.49. The molecule has 0 heterocycles. The van der Waals surface area contributed by atoms with E-state index in [1.54, 1.807) is 0 Å². The minimum atomic E-state index is -0.470. The first kappa shape index (κ1) is 18.6. The predicted molar refractivity (Wildman–Crippen MR) is 106 cm³/mol. The molecule has 0 aliphatic heterocycles. The molecule has 4 saturated carbocycles. The van der Waals surface area contributed by atoms with Crippen molar-refractivity contribution < 1.29 is 14.5 Å². The fourth-order valence-corrected chi connectivity index (χ4v) is 7.66. The van der Waals surface area contributed by atoms with E-state index in [0.717, 1.165) is 17.8 Å². The van der Waals surface area contributed by atoms with Gasteiger partial charge in [-0.2, -0.15) is 0 Å². The number of nitrogens with zero attached hydrogens (tertiary/aromatic N) is 1. The Morgan fingerprint density at radius 3 is 2.37 bits per heavy atom. The topological polar surface area (TPSA) is 81.5 Å². The van der Waals surface area contributed by atoms with Crippen LogP contribution in [0.4, 0.5) is 11.4 Å². The lowest BCUT2D eigenvalue weighted by atomic mass is 9.56. The number of nitro benzene ring substituents is 1. The maximum atomic E-state index is 12.8. The van der Waals surface area contributed by atoms with Gasteiger partial charge < -0.3 is 10.1 Å². The van der Waals surface area contributed by atoms with Gasteiger partial charge in [0.15, 0.2) is 0 Å². The molecule has 1 atom stereocenters. The van der Waals surface area contributed by atoms with Crippen LogP contribution < -0.4 is 10.1 Å². The molecule has 1 N–H and O–H groups in total. The average molecular weight is 391 g/mol. The van der Waals surface area contributed by atoms with Crippen LogP contribution in [0.1, 0.15) is 45.4 Å². The standard InChI is InChI=1S/C20H26N2O4S/c1-12(27-20-9-13-5-14(10-20)7-15(6-13)11-20)19(23)21-17-8-16(22(24)25)3-4-18(17)26-2/h3-4,8,12-15H,5-7,9-11H2,1-2H3,(H,21,23)/t12-,13?,14?,15?,20?/m0/s1. The van der Waals surface area contributed by atoms with Crippen molar-refractivity contribution in [1.82, 2.24) is 0 Å². The zero-order valence-electron chi connectivity index (χ0n) is 15.8. The van der Waals surface area contributed by atoms with Gasteiger partial charge in [0.05, 0.1) is 23.0 Å². The van der Waals surface area contributed by atoms with Gasteiger partial charge in [0.25, 0.3) is 5.69 Å². The Kier molecular flexibility index (Phi) is 4.82. The molecule has 4 aliphatic carbocycles. The average Bonchev–Trinajstić information content (AvgIpc) is 2.59. The molecular formula is C20H26N2O4S. The quantitative estimate of drug-likeness (QED) is 0.566. The Morgan fingerprint density at radius 1 is 1.26 bits per heavy atom. The molecule has 0 radical (unpaired) electrons. The highest BCUT2D eigenvalue weighted by atomic mass is 32.2. The Bertz CT molecular complexity index is 731. The predicted octanol–water partition coefficient (Wildman–Crippen LogP) is 4.63. The Balaban J connectivity index is 1.46. The second-order valence-corrected chi connectivity index (χ2v) is 10.3. The summed E-state index contributed by atoms with van der Waals surface area (Å²) in [5, 5.41) is 13.7. The maximum absolute atomic E-state index is 12.8. The van der Waals surface area contributed by atoms with Gasteiger partial charge in [-0.1, -0.05) is 0 Å². The molecule has 1 aromatic carbocycles. The van der Waals surface area contributed by atoms with Gasteiger partial charge >= 0.3 is 0 Å². The van der Waals surface area contributed by atoms with Crippen LogP contribution >= 0.6 is 11.8 Å². The van der Waals surface area contributed by atoms with Crippen LogP contribution in [-0.2, 0) is 4.79 Å². The summed E-state index contributed by atoms with van der Waals surface area (Å²) in [5.74, 6) is 2.85. The molecule has 5 rings (SSSR count). The number of hydrogen-bond acceptors (Lipinski definition) is 5. The fraction of sp³-hybridized carbons (Fsp3) is 0.650. The summed E-state index contributed by atoms with van der Waals surface area (Å²) in [6.45, 7) is 1.95. The number of nitrogens with one attached hydrogen (secondary N) is 1. The molecule has 6 nitrogen and oxygen atoms in total. The number of thioether (sulfide) groups is 1. The number of nitro groups is 1. The number of hydrogen-bond donors (Lipinski definition) is 1. The van der Waals surface area contributed by atoms with E-state index in [4.69, 9.17) is 4.74 Å². The zero-order valence-corrected chi connectivity index (χ0v) is 16.6. The second kappa shape index (κ2) is 7.00. The van der Waals surface area contributed by atoms with Crippen LogP contribution in [0, 0.1) is 27.9 Å². The van der Waals surface area contributed by atoms with Gasteiger partial charge in [-0.05, 0) is 69.3 Å². The molecular weight excluding hydrogens is 364 g/mol. The van der Waals surface area contributed by atoms with Crippen LogP contribution in [0.2, 0.25) is 0 Å². The van der Waals surface area contributed by atoms with E-state index in [9.17, 15) is 14.9 Å². The third kappa shape index (κ3) is 3.66. The van der Waals surface area contributed by atoms with Gasteiger partial charge in [0.1, 0.15) is 5.75 Å². The summed E-state index contributed by atoms with van der Waals surface area (Å²) in [7, 11) is 1.49. The molecule has 1 amide bonds. The van der Waals surface area contributed by atoms with Gasteiger partial charge in [-0.15, -0.1) is 11.8 Å². The third-order valence-corrected chi connectivity index (χ3v) is 8.00. The van der Waals surface area contributed by atoms with Crippen molar-refractivity contribution in [3.05, 3.63) is 28.3 Å². The number of methoxy groups -OCH3 is 1. The van der Waals surface area contributed by atoms with Crippen molar-refractivity contribution in [3.8, 4) is 5.75 Å². The van der Waals surface area contributed by atoms with Gasteiger partial charge in [0.2, 0.25) is 5.91 Å². The van der Waals surface area contributed by atoms with Crippen LogP contribution in [0.3, 0.4) is 0 Å². The van der Waals surface area contributed by atoms with E-state index in [2.05, 4.69) is 5.32 Å². The highest BCUT2D eigenvalue weighted by molar-refractivity contribution is 8.01. The van der Waals surface area contributed by atoms with Crippen molar-refractivity contribution in [2.45, 2.75) is 55.4 Å². The first-order valence-electron chi connectivity index (χ1n) is 9.68. The Morgan fingerprint density at radius 2 is 1.85 bits per heavy atom. The number of carbonyl (C=O) groups is 1. The summed E-state index contributed by atoms with van der Waals surface area (Å²) in [5.41, 5.74) is 0.294. The molecule has 7 heteroatoms. The fourth-order valence-electron chi connectivity index (χ4n) is 5.75. The number of rotatable bonds is 6. The van der Waals surface area contributed by atoms with Gasteiger partial charge in [-0.3, -0.25) is 14.9 Å². The van der Waals surface area contributed by atoms with Crippen molar-refractivity contribution in [3.63, 3.8) is 0 Å². The molecule has 0 aromatic heterocycles. The molecule has 146 valence electrons. The Labute approximate surface area is 163 Å². The largest absolute Gasteiger partial charge is 0.495 e. The number of benzene rings is 1. The minimum Gasteiger partial charge on any atom is -0.495 e. The highest BCUT2D eigenvalue weighted by Crippen LogP contribution is 2.61. The van der Waals surface area contributed by atoms with Crippen molar-refractivity contribution in [2.75, 3.05) is 12.4 Å². The van der Waals surface area contributed by atoms with E-state index in [1.807, 2.05) is 18.7 Å². The molecule has 0 spiro atoms. The van der Waals surface area contributed by atoms with E-state index in [1.165, 1.54) is 63.8 Å². The number of non-ortho nitro benzene ring substituents is 1. The molecule has 4 fully saturated rings. The summed E-state index contributed by atoms with van der Waals surface area (Å²) in [4.78, 5) is 23.4. The molecule has 4 bridgehead atoms. The van der Waals surface area contributed by atoms with Crippen molar-refractivity contribution in [1.29, 1.82) is 0 Å². The SMILES string of the molecule is COc1ccc([N+](=O)[O-])cc1NC(=O)[C@H](C)SC12CC3CC(CC(C3)C1)C2. The first-order valence-corrected chi connectivity index (χ1v) is 10.6. The lowest BCUT2D eigenvalue weighted by Gasteiger charge is -2.57. The zero-order chi connectivity index (χ0) is 19.2. The molecule has 27 heavy (non-hydrogen) atoms. The van der Waals surface area contributed by atoms with Crippen LogP contribution in [0.25, 0.3) is 0 Å². The molecule has 1 aromatic rings. The number of amides is 1. The molecule has 4 aliphatic rings. The van der Waals surface area contributed by atoms with E-state index >= 15 is 0 Å². The number of ether oxygens (including phenoxy) is 1. The molecule has 0 saturated heterocycles. The Hall–Kier alpha value is -1.76. The highest BCUT2D eigenvalue weighted by Gasteiger charge is 2.52. The normalized spacial score (nSPS) is 32.1. The lowest BCUT2D eigenvalue weighted by Crippen LogP contribution is -2.49.